The summed E-state index contributed by atoms with van der Waals surface area (Å²) in [6.07, 6.45) is 3.19. The van der Waals surface area contributed by atoms with Crippen LogP contribution in [0.5, 0.6) is 0 Å². The van der Waals surface area contributed by atoms with E-state index in [1.54, 1.807) is 11.3 Å². The van der Waals surface area contributed by atoms with Crippen LogP contribution in [0.1, 0.15) is 61.1 Å². The lowest BCUT2D eigenvalue weighted by Gasteiger charge is -2.20. The highest BCUT2D eigenvalue weighted by molar-refractivity contribution is 7.18. The first-order valence-corrected chi connectivity index (χ1v) is 10.7. The fourth-order valence-electron chi connectivity index (χ4n) is 3.94. The molecule has 0 bridgehead atoms. The molecule has 142 valence electrons. The molecule has 3 atom stereocenters. The second-order valence-corrected chi connectivity index (χ2v) is 9.11. The highest BCUT2D eigenvalue weighted by Gasteiger charge is 2.24. The molecule has 0 amide bonds. The molecule has 2 aromatic heterocycles. The molecule has 4 rings (SSSR count). The van der Waals surface area contributed by atoms with E-state index in [9.17, 15) is 4.79 Å². The Morgan fingerprint density at radius 2 is 2.07 bits per heavy atom. The lowest BCUT2D eigenvalue weighted by Crippen LogP contribution is -2.26. The van der Waals surface area contributed by atoms with Crippen molar-refractivity contribution in [2.45, 2.75) is 52.1 Å². The number of nitrogens with zero attached hydrogens (tertiary/aromatic N) is 1. The Morgan fingerprint density at radius 3 is 2.85 bits per heavy atom. The molecular weight excluding hydrogens is 378 g/mol. The van der Waals surface area contributed by atoms with Gasteiger partial charge in [-0.15, -0.1) is 11.3 Å². The molecule has 0 radical (unpaired) electrons. The second kappa shape index (κ2) is 7.38. The van der Waals surface area contributed by atoms with Gasteiger partial charge in [0.1, 0.15) is 10.7 Å². The Morgan fingerprint density at radius 1 is 1.30 bits per heavy atom. The Bertz CT molecular complexity index is 1040. The predicted octanol–water partition coefficient (Wildman–Crippen LogP) is 5.17. The first-order chi connectivity index (χ1) is 12.9. The number of benzene rings is 1. The zero-order valence-electron chi connectivity index (χ0n) is 15.8. The van der Waals surface area contributed by atoms with E-state index in [4.69, 9.17) is 16.6 Å². The summed E-state index contributed by atoms with van der Waals surface area (Å²) < 4.78 is 0. The number of aryl methyl sites for hydroxylation is 1. The standard InChI is InChI=1S/C21H24ClN3OS/c1-11-8-9-15-17(10-11)27-21-18(15)20(26)24-19(25-21)13(3)23-12(2)14-6-4-5-7-16(14)22/h4-7,11-13,23H,8-10H2,1-3H3,(H,24,25,26)/t11-,12-,13+/m0/s1. The van der Waals surface area contributed by atoms with Crippen molar-refractivity contribution >= 4 is 33.2 Å². The van der Waals surface area contributed by atoms with Crippen LogP contribution in [-0.2, 0) is 12.8 Å². The molecular formula is C21H24ClN3OS. The summed E-state index contributed by atoms with van der Waals surface area (Å²) in [5.74, 6) is 1.36. The maximum Gasteiger partial charge on any atom is 0.259 e. The molecule has 0 fully saturated rings. The van der Waals surface area contributed by atoms with E-state index in [-0.39, 0.29) is 17.6 Å². The summed E-state index contributed by atoms with van der Waals surface area (Å²) >= 11 is 8.00. The molecule has 1 aromatic carbocycles. The highest BCUT2D eigenvalue weighted by Crippen LogP contribution is 2.36. The molecule has 1 aliphatic rings. The average Bonchev–Trinajstić information content (AvgIpc) is 2.99. The number of aromatic nitrogens is 2. The fourth-order valence-corrected chi connectivity index (χ4v) is 5.63. The number of halogens is 1. The van der Waals surface area contributed by atoms with Gasteiger partial charge in [-0.1, -0.05) is 36.7 Å². The summed E-state index contributed by atoms with van der Waals surface area (Å²) in [6, 6.07) is 7.77. The Hall–Kier alpha value is -1.69. The van der Waals surface area contributed by atoms with Crippen LogP contribution in [0, 0.1) is 5.92 Å². The minimum Gasteiger partial charge on any atom is -0.309 e. The molecule has 27 heavy (non-hydrogen) atoms. The third-order valence-electron chi connectivity index (χ3n) is 5.47. The first kappa shape index (κ1) is 18.7. The summed E-state index contributed by atoms with van der Waals surface area (Å²) in [7, 11) is 0. The zero-order chi connectivity index (χ0) is 19.1. The van der Waals surface area contributed by atoms with Gasteiger partial charge in [-0.05, 0) is 56.2 Å². The maximum atomic E-state index is 12.8. The maximum absolute atomic E-state index is 12.8. The van der Waals surface area contributed by atoms with Crippen LogP contribution in [0.3, 0.4) is 0 Å². The SMILES string of the molecule is C[C@H]1CCc2c(sc3nc([C@@H](C)N[C@@H](C)c4ccccc4Cl)[nH]c(=O)c23)C1. The van der Waals surface area contributed by atoms with Crippen LogP contribution in [-0.4, -0.2) is 9.97 Å². The number of hydrogen-bond acceptors (Lipinski definition) is 4. The van der Waals surface area contributed by atoms with Gasteiger partial charge in [0, 0.05) is 15.9 Å². The van der Waals surface area contributed by atoms with E-state index in [2.05, 4.69) is 24.1 Å². The molecule has 0 saturated heterocycles. The molecule has 3 aromatic rings. The van der Waals surface area contributed by atoms with Gasteiger partial charge in [0.2, 0.25) is 0 Å². The van der Waals surface area contributed by atoms with Crippen molar-refractivity contribution < 1.29 is 0 Å². The smallest absolute Gasteiger partial charge is 0.259 e. The van der Waals surface area contributed by atoms with Gasteiger partial charge in [0.15, 0.2) is 0 Å². The first-order valence-electron chi connectivity index (χ1n) is 9.49. The van der Waals surface area contributed by atoms with E-state index in [1.807, 2.05) is 31.2 Å². The van der Waals surface area contributed by atoms with Gasteiger partial charge in [0.05, 0.1) is 11.4 Å². The number of thiophene rings is 1. The van der Waals surface area contributed by atoms with Crippen molar-refractivity contribution in [3.8, 4) is 0 Å². The lowest BCUT2D eigenvalue weighted by molar-refractivity contribution is 0.477. The molecule has 2 heterocycles. The second-order valence-electron chi connectivity index (χ2n) is 7.61. The normalized spacial score (nSPS) is 19.0. The van der Waals surface area contributed by atoms with Gasteiger partial charge >= 0.3 is 0 Å². The molecule has 0 aliphatic heterocycles. The molecule has 6 heteroatoms. The number of H-pyrrole nitrogens is 1. The minimum atomic E-state index is -0.0913. The predicted molar refractivity (Wildman–Crippen MR) is 113 cm³/mol. The van der Waals surface area contributed by atoms with E-state index in [1.165, 1.54) is 10.4 Å². The molecule has 0 unspecified atom stereocenters. The van der Waals surface area contributed by atoms with Crippen molar-refractivity contribution in [2.75, 3.05) is 0 Å². The van der Waals surface area contributed by atoms with Crippen molar-refractivity contribution in [2.24, 2.45) is 5.92 Å². The zero-order valence-corrected chi connectivity index (χ0v) is 17.4. The van der Waals surface area contributed by atoms with Gasteiger partial charge in [-0.2, -0.15) is 0 Å². The minimum absolute atomic E-state index is 0.0129. The largest absolute Gasteiger partial charge is 0.309 e. The number of aromatic amines is 1. The summed E-state index contributed by atoms with van der Waals surface area (Å²) in [4.78, 5) is 22.8. The van der Waals surface area contributed by atoms with Crippen LogP contribution in [0.4, 0.5) is 0 Å². The van der Waals surface area contributed by atoms with Crippen LogP contribution in [0.25, 0.3) is 10.2 Å². The molecule has 4 nitrogen and oxygen atoms in total. The topological polar surface area (TPSA) is 57.8 Å². The van der Waals surface area contributed by atoms with Gasteiger partial charge in [-0.3, -0.25) is 4.79 Å². The third-order valence-corrected chi connectivity index (χ3v) is 6.96. The van der Waals surface area contributed by atoms with E-state index >= 15 is 0 Å². The summed E-state index contributed by atoms with van der Waals surface area (Å²) in [5.41, 5.74) is 2.24. The van der Waals surface area contributed by atoms with Crippen LogP contribution < -0.4 is 10.9 Å². The Kier molecular flexibility index (Phi) is 5.10. The fraction of sp³-hybridized carbons (Fsp3) is 0.429. The number of fused-ring (bicyclic) bond motifs is 3. The van der Waals surface area contributed by atoms with E-state index in [0.29, 0.717) is 11.7 Å². The lowest BCUT2D eigenvalue weighted by atomic mass is 9.89. The monoisotopic (exact) mass is 401 g/mol. The van der Waals surface area contributed by atoms with Crippen LogP contribution in [0.2, 0.25) is 5.02 Å². The Labute approximate surface area is 168 Å². The molecule has 2 N–H and O–H groups in total. The van der Waals surface area contributed by atoms with Crippen LogP contribution >= 0.6 is 22.9 Å². The summed E-state index contributed by atoms with van der Waals surface area (Å²) in [6.45, 7) is 6.37. The quantitative estimate of drug-likeness (QED) is 0.633. The van der Waals surface area contributed by atoms with Crippen LogP contribution in [0.15, 0.2) is 29.1 Å². The molecule has 0 saturated carbocycles. The van der Waals surface area contributed by atoms with Gasteiger partial charge < -0.3 is 10.3 Å². The van der Waals surface area contributed by atoms with Crippen molar-refractivity contribution in [1.29, 1.82) is 0 Å². The van der Waals surface area contributed by atoms with Gasteiger partial charge in [0.25, 0.3) is 5.56 Å². The van der Waals surface area contributed by atoms with E-state index in [0.717, 1.165) is 40.1 Å². The summed E-state index contributed by atoms with van der Waals surface area (Å²) in [5, 5.41) is 5.04. The number of rotatable bonds is 4. The van der Waals surface area contributed by atoms with Crippen molar-refractivity contribution in [1.82, 2.24) is 15.3 Å². The Balaban J connectivity index is 1.64. The average molecular weight is 402 g/mol. The van der Waals surface area contributed by atoms with Crippen molar-refractivity contribution in [3.05, 3.63) is 61.5 Å². The third kappa shape index (κ3) is 3.56. The molecule has 1 aliphatic carbocycles. The highest BCUT2D eigenvalue weighted by atomic mass is 35.5. The molecule has 0 spiro atoms. The number of hydrogen-bond donors (Lipinski definition) is 2. The number of nitrogens with one attached hydrogen (secondary N) is 2. The van der Waals surface area contributed by atoms with Crippen molar-refractivity contribution in [3.63, 3.8) is 0 Å². The van der Waals surface area contributed by atoms with Gasteiger partial charge in [-0.25, -0.2) is 4.98 Å². The van der Waals surface area contributed by atoms with E-state index < -0.39 is 0 Å².